The lowest BCUT2D eigenvalue weighted by Gasteiger charge is -2.38. The van der Waals surface area contributed by atoms with Gasteiger partial charge < -0.3 is 14.8 Å². The van der Waals surface area contributed by atoms with Crippen molar-refractivity contribution in [1.29, 1.82) is 0 Å². The maximum atomic E-state index is 11.7. The van der Waals surface area contributed by atoms with Crippen molar-refractivity contribution in [2.45, 2.75) is 25.2 Å². The number of anilines is 1. The molecule has 0 saturated carbocycles. The summed E-state index contributed by atoms with van der Waals surface area (Å²) in [6, 6.07) is 11.6. The maximum absolute atomic E-state index is 11.7. The average molecular weight is 375 g/mol. The second kappa shape index (κ2) is 8.52. The molecule has 3 rings (SSSR count). The number of nitrogens with one attached hydrogen (secondary N) is 1. The normalized spacial score (nSPS) is 16.1. The number of carbonyl (C=O) groups is 1. The van der Waals surface area contributed by atoms with E-state index in [-0.39, 0.29) is 11.4 Å². The highest BCUT2D eigenvalue weighted by molar-refractivity contribution is 6.30. The Morgan fingerprint density at radius 2 is 1.96 bits per heavy atom. The lowest BCUT2D eigenvalue weighted by Crippen LogP contribution is -2.40. The molecule has 0 radical (unpaired) electrons. The van der Waals surface area contributed by atoms with E-state index in [9.17, 15) is 4.79 Å². The topological polar surface area (TPSA) is 60.5 Å². The van der Waals surface area contributed by atoms with Crippen LogP contribution in [0.15, 0.2) is 42.6 Å². The molecular formula is C20H23ClN2O3. The van der Waals surface area contributed by atoms with Crippen LogP contribution in [-0.2, 0) is 14.9 Å². The largest absolute Gasteiger partial charge is 0.462 e. The van der Waals surface area contributed by atoms with E-state index >= 15 is 0 Å². The van der Waals surface area contributed by atoms with E-state index in [4.69, 9.17) is 21.1 Å². The van der Waals surface area contributed by atoms with E-state index < -0.39 is 0 Å². The van der Waals surface area contributed by atoms with Crippen LogP contribution in [0.25, 0.3) is 0 Å². The first-order chi connectivity index (χ1) is 12.6. The number of ether oxygens (including phenoxy) is 2. The number of benzene rings is 1. The molecule has 0 bridgehead atoms. The van der Waals surface area contributed by atoms with Crippen LogP contribution in [0, 0.1) is 0 Å². The molecule has 26 heavy (non-hydrogen) atoms. The van der Waals surface area contributed by atoms with Gasteiger partial charge in [-0.3, -0.25) is 0 Å². The number of carbonyl (C=O) groups excluding carboxylic acids is 1. The van der Waals surface area contributed by atoms with Crippen molar-refractivity contribution in [1.82, 2.24) is 4.98 Å². The van der Waals surface area contributed by atoms with E-state index in [0.29, 0.717) is 12.2 Å². The van der Waals surface area contributed by atoms with Crippen LogP contribution in [0.3, 0.4) is 0 Å². The van der Waals surface area contributed by atoms with Gasteiger partial charge in [0, 0.05) is 36.4 Å². The molecule has 6 heteroatoms. The fraction of sp³-hybridized carbons (Fsp3) is 0.400. The third kappa shape index (κ3) is 4.34. The molecule has 5 nitrogen and oxygen atoms in total. The van der Waals surface area contributed by atoms with E-state index in [1.807, 2.05) is 12.1 Å². The number of rotatable bonds is 6. The van der Waals surface area contributed by atoms with Gasteiger partial charge in [-0.25, -0.2) is 9.78 Å². The molecule has 1 fully saturated rings. The van der Waals surface area contributed by atoms with Gasteiger partial charge in [0.05, 0.1) is 12.2 Å². The summed E-state index contributed by atoms with van der Waals surface area (Å²) in [6.07, 6.45) is 3.41. The van der Waals surface area contributed by atoms with Crippen molar-refractivity contribution >= 4 is 23.4 Å². The van der Waals surface area contributed by atoms with E-state index in [0.717, 1.165) is 43.4 Å². The van der Waals surface area contributed by atoms with Gasteiger partial charge >= 0.3 is 5.97 Å². The first-order valence-electron chi connectivity index (χ1n) is 8.84. The molecule has 0 aliphatic carbocycles. The minimum absolute atomic E-state index is 0.0235. The Labute approximate surface area is 158 Å². The Bertz CT molecular complexity index is 726. The van der Waals surface area contributed by atoms with Gasteiger partial charge in [0.25, 0.3) is 0 Å². The third-order valence-corrected chi connectivity index (χ3v) is 5.04. The second-order valence-corrected chi connectivity index (χ2v) is 6.84. The van der Waals surface area contributed by atoms with E-state index in [1.165, 1.54) is 5.56 Å². The lowest BCUT2D eigenvalue weighted by molar-refractivity contribution is 0.0524. The zero-order chi connectivity index (χ0) is 18.4. The van der Waals surface area contributed by atoms with Gasteiger partial charge in [-0.2, -0.15) is 0 Å². The van der Waals surface area contributed by atoms with Crippen LogP contribution in [-0.4, -0.2) is 37.3 Å². The second-order valence-electron chi connectivity index (χ2n) is 6.41. The molecule has 0 spiro atoms. The fourth-order valence-corrected chi connectivity index (χ4v) is 3.35. The van der Waals surface area contributed by atoms with Crippen LogP contribution in [0.1, 0.15) is 35.7 Å². The van der Waals surface area contributed by atoms with Gasteiger partial charge in [-0.05, 0) is 49.6 Å². The molecule has 1 N–H and O–H groups in total. The summed E-state index contributed by atoms with van der Waals surface area (Å²) in [7, 11) is 0. The standard InChI is InChI=1S/C20H23ClN2O3/c1-2-26-19(24)15-3-8-18(22-13-15)23-14-20(9-11-25-12-10-20)16-4-6-17(21)7-5-16/h3-8,13H,2,9-12,14H2,1H3,(H,22,23). The summed E-state index contributed by atoms with van der Waals surface area (Å²) >= 11 is 6.04. The average Bonchev–Trinajstić information content (AvgIpc) is 2.68. The first kappa shape index (κ1) is 18.7. The van der Waals surface area contributed by atoms with Crippen molar-refractivity contribution in [3.63, 3.8) is 0 Å². The van der Waals surface area contributed by atoms with Crippen molar-refractivity contribution in [3.8, 4) is 0 Å². The number of nitrogens with zero attached hydrogens (tertiary/aromatic N) is 1. The van der Waals surface area contributed by atoms with Crippen LogP contribution in [0.2, 0.25) is 5.02 Å². The molecule has 0 atom stereocenters. The highest BCUT2D eigenvalue weighted by Crippen LogP contribution is 2.35. The third-order valence-electron chi connectivity index (χ3n) is 4.79. The maximum Gasteiger partial charge on any atom is 0.339 e. The van der Waals surface area contributed by atoms with Gasteiger partial charge in [-0.15, -0.1) is 0 Å². The molecule has 1 saturated heterocycles. The molecule has 0 unspecified atom stereocenters. The number of pyridine rings is 1. The van der Waals surface area contributed by atoms with Gasteiger partial charge in [-0.1, -0.05) is 23.7 Å². The molecule has 1 aliphatic rings. The van der Waals surface area contributed by atoms with E-state index in [1.54, 1.807) is 25.3 Å². The van der Waals surface area contributed by atoms with Gasteiger partial charge in [0.1, 0.15) is 5.82 Å². The Morgan fingerprint density at radius 1 is 1.23 bits per heavy atom. The SMILES string of the molecule is CCOC(=O)c1ccc(NCC2(c3ccc(Cl)cc3)CCOCC2)nc1. The van der Waals surface area contributed by atoms with Crippen molar-refractivity contribution < 1.29 is 14.3 Å². The molecule has 1 aromatic carbocycles. The minimum atomic E-state index is -0.353. The monoisotopic (exact) mass is 374 g/mol. The lowest BCUT2D eigenvalue weighted by atomic mass is 9.74. The Morgan fingerprint density at radius 3 is 2.58 bits per heavy atom. The van der Waals surface area contributed by atoms with Crippen LogP contribution in [0.4, 0.5) is 5.82 Å². The van der Waals surface area contributed by atoms with Crippen molar-refractivity contribution in [3.05, 3.63) is 58.7 Å². The van der Waals surface area contributed by atoms with E-state index in [2.05, 4.69) is 22.4 Å². The zero-order valence-corrected chi connectivity index (χ0v) is 15.6. The predicted octanol–water partition coefficient (Wildman–Crippen LogP) is 4.07. The molecule has 2 aromatic rings. The number of halogens is 1. The Hall–Kier alpha value is -2.11. The Kier molecular flexibility index (Phi) is 6.12. The summed E-state index contributed by atoms with van der Waals surface area (Å²) < 4.78 is 10.5. The zero-order valence-electron chi connectivity index (χ0n) is 14.8. The quantitative estimate of drug-likeness (QED) is 0.772. The summed E-state index contributed by atoms with van der Waals surface area (Å²) in [5.41, 5.74) is 1.68. The number of esters is 1. The first-order valence-corrected chi connectivity index (χ1v) is 9.22. The summed E-state index contributed by atoms with van der Waals surface area (Å²) in [6.45, 7) is 4.35. The number of aromatic nitrogens is 1. The number of hydrogen-bond acceptors (Lipinski definition) is 5. The molecule has 138 valence electrons. The van der Waals surface area contributed by atoms with Crippen LogP contribution in [0.5, 0.6) is 0 Å². The molecular weight excluding hydrogens is 352 g/mol. The van der Waals surface area contributed by atoms with Gasteiger partial charge in [0.15, 0.2) is 0 Å². The highest BCUT2D eigenvalue weighted by Gasteiger charge is 2.34. The summed E-state index contributed by atoms with van der Waals surface area (Å²) in [5, 5.41) is 4.15. The molecule has 2 heterocycles. The van der Waals surface area contributed by atoms with Crippen LogP contribution < -0.4 is 5.32 Å². The summed E-state index contributed by atoms with van der Waals surface area (Å²) in [5.74, 6) is 0.381. The molecule has 1 aromatic heterocycles. The minimum Gasteiger partial charge on any atom is -0.462 e. The highest BCUT2D eigenvalue weighted by atomic mass is 35.5. The molecule has 1 aliphatic heterocycles. The van der Waals surface area contributed by atoms with Gasteiger partial charge in [0.2, 0.25) is 0 Å². The Balaban J connectivity index is 1.72. The summed E-state index contributed by atoms with van der Waals surface area (Å²) in [4.78, 5) is 16.1. The fourth-order valence-electron chi connectivity index (χ4n) is 3.23. The van der Waals surface area contributed by atoms with Crippen molar-refractivity contribution in [2.24, 2.45) is 0 Å². The molecule has 0 amide bonds. The smallest absolute Gasteiger partial charge is 0.339 e. The van der Waals surface area contributed by atoms with Crippen LogP contribution >= 0.6 is 11.6 Å². The van der Waals surface area contributed by atoms with Crippen molar-refractivity contribution in [2.75, 3.05) is 31.7 Å². The number of hydrogen-bond donors (Lipinski definition) is 1. The predicted molar refractivity (Wildman–Crippen MR) is 102 cm³/mol.